The predicted molar refractivity (Wildman–Crippen MR) is 218 cm³/mol. The van der Waals surface area contributed by atoms with Crippen molar-refractivity contribution in [3.8, 4) is 33.6 Å². The molecule has 2 heterocycles. The number of pyridine rings is 2. The number of hydrogen-bond donors (Lipinski definition) is 3. The minimum absolute atomic E-state index is 0.626. The molecule has 0 bridgehead atoms. The van der Waals surface area contributed by atoms with E-state index in [9.17, 15) is 0 Å². The topological polar surface area (TPSA) is 145 Å². The number of benzene rings is 4. The quantitative estimate of drug-likeness (QED) is 0.0667. The van der Waals surface area contributed by atoms with E-state index < -0.39 is 15.4 Å². The molecule has 2 aromatic heterocycles. The first-order valence-corrected chi connectivity index (χ1v) is 34.6. The van der Waals surface area contributed by atoms with E-state index in [-0.39, 0.29) is 0 Å². The van der Waals surface area contributed by atoms with Crippen molar-refractivity contribution in [2.75, 3.05) is 0 Å². The Labute approximate surface area is 369 Å². The third kappa shape index (κ3) is 16.3. The second-order valence-electron chi connectivity index (χ2n) is 11.8. The summed E-state index contributed by atoms with van der Waals surface area (Å²) < 4.78 is 12.2. The van der Waals surface area contributed by atoms with Crippen LogP contribution in [0.4, 0.5) is 0 Å². The first-order chi connectivity index (χ1) is 25.8. The second kappa shape index (κ2) is 26.6. The van der Waals surface area contributed by atoms with Crippen LogP contribution < -0.4 is 10.4 Å². The zero-order valence-electron chi connectivity index (χ0n) is 31.8. The summed E-state index contributed by atoms with van der Waals surface area (Å²) in [5.74, 6) is 0. The van der Waals surface area contributed by atoms with Gasteiger partial charge in [-0.3, -0.25) is 9.97 Å². The standard InChI is InChI=1S/C20H19N.C11H8ClN.C9H13BO2.2K.HO5P/c1-14-12-15(2)19(16(3)13-14)18-10-7-11-21-20(18)17-8-5-4-6-9-17;12-10-7-4-8-13-11(10)9-5-2-1-3-6-9;1-6-4-7(2)9(10(11)12)8(3)5-6;;;1-4-5-6(2)3/h4-13H,1-3H3;1-8H;4-5,11-12H,1-3H3;;;1H. The zero-order valence-corrected chi connectivity index (χ0v) is 39.7. The first-order valence-electron chi connectivity index (χ1n) is 17.1. The molecule has 0 spiro atoms. The number of aryl methyl sites for hydroxylation is 6. The molecule has 0 radical (unpaired) electrons. The van der Waals surface area contributed by atoms with Gasteiger partial charge in [-0.05, 0) is 91.5 Å². The van der Waals surface area contributed by atoms with E-state index in [1.54, 1.807) is 6.20 Å². The third-order valence-corrected chi connectivity index (χ3v) is 8.19. The maximum atomic E-state index is 9.13. The SMILES string of the molecule is Cc1cc(C)c(-c2cccnc2-c2ccccc2)c(C)c1.Cc1cc(C)c(B(O)O)c(C)c1.Clc1cccnc1-c1ccccc1.O=[P+]([O-])OOO.[K][K]. The fourth-order valence-electron chi connectivity index (χ4n) is 5.86. The van der Waals surface area contributed by atoms with Crippen LogP contribution in [0, 0.1) is 41.5 Å². The molecule has 0 aliphatic rings. The summed E-state index contributed by atoms with van der Waals surface area (Å²) >= 11 is 8.50. The van der Waals surface area contributed by atoms with Crippen LogP contribution >= 0.6 is 19.9 Å². The zero-order chi connectivity index (χ0) is 40.2. The Morgan fingerprint density at radius 3 is 1.50 bits per heavy atom. The summed E-state index contributed by atoms with van der Waals surface area (Å²) in [7, 11) is -4.43. The Morgan fingerprint density at radius 2 is 1.09 bits per heavy atom. The molecular formula is C40H41BClK2N2O7P. The predicted octanol–water partition coefficient (Wildman–Crippen LogP) is 7.70. The van der Waals surface area contributed by atoms with Gasteiger partial charge in [-0.2, -0.15) is 0 Å². The van der Waals surface area contributed by atoms with Crippen molar-refractivity contribution >= 4 is 95.6 Å². The van der Waals surface area contributed by atoms with Gasteiger partial charge in [0.25, 0.3) is 0 Å². The van der Waals surface area contributed by atoms with Gasteiger partial charge in [0.2, 0.25) is 0 Å². The van der Waals surface area contributed by atoms with Crippen molar-refractivity contribution in [1.82, 2.24) is 9.97 Å². The molecule has 6 rings (SSSR count). The van der Waals surface area contributed by atoms with Crippen molar-refractivity contribution in [3.63, 3.8) is 0 Å². The number of rotatable bonds is 6. The summed E-state index contributed by atoms with van der Waals surface area (Å²) in [6.45, 7) is 12.3. The van der Waals surface area contributed by atoms with Crippen LogP contribution in [-0.2, 0) is 14.3 Å². The molecule has 14 heteroatoms. The molecule has 1 atom stereocenters. The molecular weight excluding hydrogens is 776 g/mol. The van der Waals surface area contributed by atoms with Crippen molar-refractivity contribution in [3.05, 3.63) is 160 Å². The third-order valence-electron chi connectivity index (χ3n) is 7.70. The fourth-order valence-corrected chi connectivity index (χ4v) is 6.14. The van der Waals surface area contributed by atoms with E-state index in [0.717, 1.165) is 39.2 Å². The molecule has 0 amide bonds. The molecule has 6 aromatic rings. The molecule has 0 saturated heterocycles. The Morgan fingerprint density at radius 1 is 0.667 bits per heavy atom. The van der Waals surface area contributed by atoms with E-state index in [1.165, 1.54) is 91.0 Å². The molecule has 9 nitrogen and oxygen atoms in total. The van der Waals surface area contributed by atoms with Crippen molar-refractivity contribution in [2.24, 2.45) is 0 Å². The summed E-state index contributed by atoms with van der Waals surface area (Å²) in [4.78, 5) is 18.0. The first kappa shape index (κ1) is 48.8. The van der Waals surface area contributed by atoms with Crippen LogP contribution in [0.5, 0.6) is 0 Å². The summed E-state index contributed by atoms with van der Waals surface area (Å²) in [5.41, 5.74) is 14.2. The number of nitrogens with zero attached hydrogens (tertiary/aromatic N) is 2. The van der Waals surface area contributed by atoms with Crippen LogP contribution in [0.3, 0.4) is 0 Å². The Hall–Kier alpha value is -1.33. The van der Waals surface area contributed by atoms with Crippen molar-refractivity contribution < 1.29 is 34.5 Å². The van der Waals surface area contributed by atoms with E-state index in [2.05, 4.69) is 82.9 Å². The van der Waals surface area contributed by atoms with Gasteiger partial charge in [-0.15, -0.1) is 0 Å². The van der Waals surface area contributed by atoms with Gasteiger partial charge in [-0.1, -0.05) is 125 Å². The molecule has 4 aromatic carbocycles. The molecule has 3 N–H and O–H groups in total. The van der Waals surface area contributed by atoms with E-state index >= 15 is 0 Å². The second-order valence-corrected chi connectivity index (χ2v) is 12.8. The monoisotopic (exact) mass is 816 g/mol. The molecule has 1 unspecified atom stereocenters. The van der Waals surface area contributed by atoms with Crippen LogP contribution in [0.15, 0.2) is 122 Å². The van der Waals surface area contributed by atoms with Crippen molar-refractivity contribution in [2.45, 2.75) is 41.5 Å². The molecule has 54 heavy (non-hydrogen) atoms. The average Bonchev–Trinajstić information content (AvgIpc) is 3.13. The Kier molecular flexibility index (Phi) is 24.0. The Bertz CT molecular complexity index is 2020. The van der Waals surface area contributed by atoms with Gasteiger partial charge in [0.15, 0.2) is 0 Å². The molecule has 0 aliphatic carbocycles. The Balaban J connectivity index is 0.000000265. The van der Waals surface area contributed by atoms with Crippen LogP contribution in [0.1, 0.15) is 33.4 Å². The number of halogens is 1. The molecule has 0 aliphatic heterocycles. The number of hydrogen-bond acceptors (Lipinski definition) is 9. The van der Waals surface area contributed by atoms with Gasteiger partial charge < -0.3 is 14.9 Å². The summed E-state index contributed by atoms with van der Waals surface area (Å²) in [6.07, 6.45) is 3.61. The van der Waals surface area contributed by atoms with Gasteiger partial charge in [0, 0.05) is 29.1 Å². The van der Waals surface area contributed by atoms with E-state index in [0.29, 0.717) is 10.5 Å². The van der Waals surface area contributed by atoms with Crippen LogP contribution in [0.2, 0.25) is 5.02 Å². The molecule has 0 saturated carbocycles. The minimum atomic E-state index is -3.07. The normalized spacial score (nSPS) is 10.2. The molecule has 0 fully saturated rings. The number of aromatic nitrogens is 2. The van der Waals surface area contributed by atoms with Gasteiger partial charge in [0.1, 0.15) is 0 Å². The maximum absolute atomic E-state index is 9.13. The fraction of sp³-hybridized carbons (Fsp3) is 0.150. The van der Waals surface area contributed by atoms with Gasteiger partial charge in [0.05, 0.1) is 21.1 Å². The van der Waals surface area contributed by atoms with Gasteiger partial charge in [-0.25, -0.2) is 5.26 Å². The summed E-state index contributed by atoms with van der Waals surface area (Å²) in [6, 6.07) is 36.5. The van der Waals surface area contributed by atoms with Crippen LogP contribution in [0.25, 0.3) is 33.6 Å². The molecule has 270 valence electrons. The van der Waals surface area contributed by atoms with E-state index in [4.69, 9.17) is 36.4 Å². The van der Waals surface area contributed by atoms with Crippen LogP contribution in [-0.4, -0.2) is 95.5 Å². The van der Waals surface area contributed by atoms with Gasteiger partial charge >= 0.3 is 78.5 Å². The van der Waals surface area contributed by atoms with E-state index in [1.807, 2.05) is 93.7 Å². The van der Waals surface area contributed by atoms with Crippen molar-refractivity contribution in [1.29, 1.82) is 0 Å². The average molecular weight is 817 g/mol. The summed E-state index contributed by atoms with van der Waals surface area (Å²) in [5, 5.41) is 28.6.